The van der Waals surface area contributed by atoms with Crippen molar-refractivity contribution in [2.45, 2.75) is 66.7 Å². The molecule has 0 N–H and O–H groups in total. The lowest BCUT2D eigenvalue weighted by Crippen LogP contribution is -2.12. The van der Waals surface area contributed by atoms with Gasteiger partial charge in [-0.25, -0.2) is 0 Å². The van der Waals surface area contributed by atoms with Gasteiger partial charge in [-0.2, -0.15) is 0 Å². The van der Waals surface area contributed by atoms with Gasteiger partial charge in [0.1, 0.15) is 0 Å². The van der Waals surface area contributed by atoms with Gasteiger partial charge in [0, 0.05) is 12.0 Å². The molecule has 19 heavy (non-hydrogen) atoms. The van der Waals surface area contributed by atoms with Crippen LogP contribution >= 0.6 is 0 Å². The Morgan fingerprint density at radius 3 is 1.89 bits per heavy atom. The molecule has 0 saturated heterocycles. The highest BCUT2D eigenvalue weighted by molar-refractivity contribution is 5.99. The average molecular weight is 260 g/mol. The molecule has 0 amide bonds. The molecule has 0 bridgehead atoms. The maximum atomic E-state index is 12.6. The van der Waals surface area contributed by atoms with Crippen molar-refractivity contribution in [2.75, 3.05) is 0 Å². The van der Waals surface area contributed by atoms with Crippen molar-refractivity contribution in [1.82, 2.24) is 0 Å². The first kappa shape index (κ1) is 15.9. The topological polar surface area (TPSA) is 17.1 Å². The second kappa shape index (κ2) is 7.47. The number of carbonyl (C=O) groups is 1. The Hall–Kier alpha value is -1.11. The summed E-state index contributed by atoms with van der Waals surface area (Å²) in [4.78, 5) is 12.6. The predicted octanol–water partition coefficient (Wildman–Crippen LogP) is 5.40. The van der Waals surface area contributed by atoms with Crippen LogP contribution in [0.3, 0.4) is 0 Å². The SMILES string of the molecule is CCCC(CCC)CC(=O)c1c(C)cc(C)cc1C. The number of hydrogen-bond acceptors (Lipinski definition) is 1. The zero-order chi connectivity index (χ0) is 14.4. The van der Waals surface area contributed by atoms with E-state index in [9.17, 15) is 4.79 Å². The fraction of sp³-hybridized carbons (Fsp3) is 0.611. The van der Waals surface area contributed by atoms with Crippen molar-refractivity contribution in [2.24, 2.45) is 5.92 Å². The summed E-state index contributed by atoms with van der Waals surface area (Å²) in [7, 11) is 0. The Labute approximate surface area is 118 Å². The van der Waals surface area contributed by atoms with E-state index in [1.165, 1.54) is 31.2 Å². The zero-order valence-electron chi connectivity index (χ0n) is 13.2. The number of ketones is 1. The van der Waals surface area contributed by atoms with Gasteiger partial charge in [0.15, 0.2) is 5.78 Å². The molecule has 1 heteroatoms. The minimum atomic E-state index is 0.335. The normalized spacial score (nSPS) is 11.1. The first-order chi connectivity index (χ1) is 8.99. The van der Waals surface area contributed by atoms with Gasteiger partial charge in [-0.3, -0.25) is 4.79 Å². The summed E-state index contributed by atoms with van der Waals surface area (Å²) in [5.74, 6) is 0.893. The molecular formula is C18H28O. The maximum absolute atomic E-state index is 12.6. The number of Topliss-reactive ketones (excluding diaryl/α,β-unsaturated/α-hetero) is 1. The van der Waals surface area contributed by atoms with Gasteiger partial charge in [-0.05, 0) is 37.8 Å². The number of aryl methyl sites for hydroxylation is 3. The van der Waals surface area contributed by atoms with Gasteiger partial charge in [0.25, 0.3) is 0 Å². The van der Waals surface area contributed by atoms with Crippen LogP contribution < -0.4 is 0 Å². The second-order valence-electron chi connectivity index (χ2n) is 5.84. The standard InChI is InChI=1S/C18H28O/c1-6-8-16(9-7-2)12-17(19)18-14(4)10-13(3)11-15(18)5/h10-11,16H,6-9,12H2,1-5H3. The van der Waals surface area contributed by atoms with Gasteiger partial charge in [-0.15, -0.1) is 0 Å². The third-order valence-electron chi connectivity index (χ3n) is 3.82. The molecule has 0 radical (unpaired) electrons. The Morgan fingerprint density at radius 2 is 1.47 bits per heavy atom. The molecule has 0 unspecified atom stereocenters. The van der Waals surface area contributed by atoms with E-state index in [1.807, 2.05) is 0 Å². The fourth-order valence-corrected chi connectivity index (χ4v) is 3.15. The number of benzene rings is 1. The van der Waals surface area contributed by atoms with E-state index in [0.29, 0.717) is 18.1 Å². The summed E-state index contributed by atoms with van der Waals surface area (Å²) in [6.45, 7) is 10.6. The highest BCUT2D eigenvalue weighted by Crippen LogP contribution is 2.24. The first-order valence-corrected chi connectivity index (χ1v) is 7.60. The van der Waals surface area contributed by atoms with Crippen LogP contribution in [-0.2, 0) is 0 Å². The molecule has 1 aromatic rings. The van der Waals surface area contributed by atoms with Crippen molar-refractivity contribution in [1.29, 1.82) is 0 Å². The molecule has 0 heterocycles. The van der Waals surface area contributed by atoms with Crippen LogP contribution in [0, 0.1) is 26.7 Å². The largest absolute Gasteiger partial charge is 0.294 e. The third-order valence-corrected chi connectivity index (χ3v) is 3.82. The molecule has 1 rings (SSSR count). The van der Waals surface area contributed by atoms with E-state index < -0.39 is 0 Å². The van der Waals surface area contributed by atoms with Crippen LogP contribution in [0.25, 0.3) is 0 Å². The maximum Gasteiger partial charge on any atom is 0.163 e. The van der Waals surface area contributed by atoms with Crippen LogP contribution in [0.1, 0.15) is 73.0 Å². The zero-order valence-corrected chi connectivity index (χ0v) is 13.2. The summed E-state index contributed by atoms with van der Waals surface area (Å²) >= 11 is 0. The van der Waals surface area contributed by atoms with Gasteiger partial charge in [-0.1, -0.05) is 57.2 Å². The van der Waals surface area contributed by atoms with E-state index in [-0.39, 0.29) is 0 Å². The number of hydrogen-bond donors (Lipinski definition) is 0. The van der Waals surface area contributed by atoms with Crippen molar-refractivity contribution >= 4 is 5.78 Å². The molecule has 0 aromatic heterocycles. The van der Waals surface area contributed by atoms with Gasteiger partial charge >= 0.3 is 0 Å². The Morgan fingerprint density at radius 1 is 1.00 bits per heavy atom. The molecular weight excluding hydrogens is 232 g/mol. The highest BCUT2D eigenvalue weighted by atomic mass is 16.1. The minimum Gasteiger partial charge on any atom is -0.294 e. The molecule has 1 nitrogen and oxygen atoms in total. The lowest BCUT2D eigenvalue weighted by atomic mass is 9.87. The van der Waals surface area contributed by atoms with E-state index >= 15 is 0 Å². The predicted molar refractivity (Wildman–Crippen MR) is 82.9 cm³/mol. The lowest BCUT2D eigenvalue weighted by Gasteiger charge is -2.16. The fourth-order valence-electron chi connectivity index (χ4n) is 3.15. The van der Waals surface area contributed by atoms with Gasteiger partial charge in [0.05, 0.1) is 0 Å². The lowest BCUT2D eigenvalue weighted by molar-refractivity contribution is 0.0955. The van der Waals surface area contributed by atoms with Crippen LogP contribution in [0.2, 0.25) is 0 Å². The summed E-state index contributed by atoms with van der Waals surface area (Å²) in [6, 6.07) is 4.24. The summed E-state index contributed by atoms with van der Waals surface area (Å²) in [6.07, 6.45) is 5.40. The Bertz CT molecular complexity index is 402. The molecule has 0 saturated carbocycles. The third kappa shape index (κ3) is 4.49. The van der Waals surface area contributed by atoms with Crippen molar-refractivity contribution in [3.63, 3.8) is 0 Å². The molecule has 0 aliphatic heterocycles. The van der Waals surface area contributed by atoms with Gasteiger partial charge < -0.3 is 0 Å². The number of rotatable bonds is 7. The average Bonchev–Trinajstić information content (AvgIpc) is 2.27. The van der Waals surface area contributed by atoms with E-state index in [2.05, 4.69) is 46.8 Å². The summed E-state index contributed by atoms with van der Waals surface area (Å²) in [5.41, 5.74) is 4.47. The van der Waals surface area contributed by atoms with Crippen molar-refractivity contribution in [3.8, 4) is 0 Å². The van der Waals surface area contributed by atoms with E-state index in [1.54, 1.807) is 0 Å². The van der Waals surface area contributed by atoms with Crippen LogP contribution in [0.15, 0.2) is 12.1 Å². The van der Waals surface area contributed by atoms with Crippen LogP contribution in [0.4, 0.5) is 0 Å². The Kier molecular flexibility index (Phi) is 6.27. The molecule has 0 aliphatic rings. The quantitative estimate of drug-likeness (QED) is 0.600. The molecule has 0 aliphatic carbocycles. The van der Waals surface area contributed by atoms with Crippen molar-refractivity contribution < 1.29 is 4.79 Å². The second-order valence-corrected chi connectivity index (χ2v) is 5.84. The highest BCUT2D eigenvalue weighted by Gasteiger charge is 2.17. The van der Waals surface area contributed by atoms with Crippen molar-refractivity contribution in [3.05, 3.63) is 34.4 Å². The first-order valence-electron chi connectivity index (χ1n) is 7.60. The smallest absolute Gasteiger partial charge is 0.163 e. The van der Waals surface area contributed by atoms with Crippen LogP contribution in [-0.4, -0.2) is 5.78 Å². The van der Waals surface area contributed by atoms with E-state index in [4.69, 9.17) is 0 Å². The van der Waals surface area contributed by atoms with Gasteiger partial charge in [0.2, 0.25) is 0 Å². The minimum absolute atomic E-state index is 0.335. The monoisotopic (exact) mass is 260 g/mol. The summed E-state index contributed by atoms with van der Waals surface area (Å²) < 4.78 is 0. The summed E-state index contributed by atoms with van der Waals surface area (Å²) in [5, 5.41) is 0. The Balaban J connectivity index is 2.88. The number of carbonyl (C=O) groups excluding carboxylic acids is 1. The molecule has 1 aromatic carbocycles. The van der Waals surface area contributed by atoms with Crippen LogP contribution in [0.5, 0.6) is 0 Å². The molecule has 0 spiro atoms. The molecule has 0 atom stereocenters. The van der Waals surface area contributed by atoms with E-state index in [0.717, 1.165) is 16.7 Å². The molecule has 106 valence electrons. The molecule has 0 fully saturated rings.